The van der Waals surface area contributed by atoms with Gasteiger partial charge in [-0.2, -0.15) is 0 Å². The van der Waals surface area contributed by atoms with Gasteiger partial charge in [0.25, 0.3) is 0 Å². The smallest absolute Gasteiger partial charge is 0.119 e. The molecule has 2 aliphatic carbocycles. The summed E-state index contributed by atoms with van der Waals surface area (Å²) in [6, 6.07) is 8.18. The van der Waals surface area contributed by atoms with Gasteiger partial charge in [-0.25, -0.2) is 0 Å². The van der Waals surface area contributed by atoms with Crippen LogP contribution in [-0.4, -0.2) is 6.61 Å². The Kier molecular flexibility index (Phi) is 11.3. The molecule has 0 bridgehead atoms. The van der Waals surface area contributed by atoms with E-state index in [4.69, 9.17) is 4.74 Å². The second-order valence-electron chi connectivity index (χ2n) is 10.4. The van der Waals surface area contributed by atoms with Crippen LogP contribution in [0.15, 0.2) is 36.4 Å². The number of ether oxygens (including phenoxy) is 1. The standard InChI is InChI=1S/C31H46O/c1-3-5-25-32-31-23-21-28(22-24-31)10-7-6-9-27-13-17-30(18-14-27)20-19-29-15-11-26(8-4-2)12-16-29/h6,9,21-24,26-27,29-30H,3-5,8,11-20,25H2,1-2H3. The lowest BCUT2D eigenvalue weighted by molar-refractivity contribution is 0.221. The highest BCUT2D eigenvalue weighted by atomic mass is 16.5. The van der Waals surface area contributed by atoms with Gasteiger partial charge in [0, 0.05) is 5.56 Å². The first kappa shape index (κ1) is 25.0. The number of unbranched alkanes of at least 4 members (excludes halogenated alkanes) is 1. The Morgan fingerprint density at radius 3 is 1.97 bits per heavy atom. The summed E-state index contributed by atoms with van der Waals surface area (Å²) in [5, 5.41) is 0. The number of rotatable bonds is 10. The highest BCUT2D eigenvalue weighted by molar-refractivity contribution is 5.40. The molecule has 1 aromatic carbocycles. The van der Waals surface area contributed by atoms with Gasteiger partial charge in [-0.05, 0) is 86.1 Å². The summed E-state index contributed by atoms with van der Waals surface area (Å²) < 4.78 is 5.72. The molecule has 0 N–H and O–H groups in total. The molecular formula is C31H46O. The van der Waals surface area contributed by atoms with E-state index in [9.17, 15) is 0 Å². The van der Waals surface area contributed by atoms with Crippen molar-refractivity contribution in [3.05, 3.63) is 42.0 Å². The van der Waals surface area contributed by atoms with E-state index in [0.29, 0.717) is 0 Å². The largest absolute Gasteiger partial charge is 0.494 e. The van der Waals surface area contributed by atoms with E-state index >= 15 is 0 Å². The first-order valence-electron chi connectivity index (χ1n) is 13.7. The molecule has 0 radical (unpaired) electrons. The van der Waals surface area contributed by atoms with Crippen LogP contribution in [0.5, 0.6) is 5.75 Å². The Morgan fingerprint density at radius 1 is 0.781 bits per heavy atom. The van der Waals surface area contributed by atoms with Gasteiger partial charge in [0.05, 0.1) is 6.61 Å². The van der Waals surface area contributed by atoms with Crippen molar-refractivity contribution in [1.29, 1.82) is 0 Å². The number of benzene rings is 1. The molecule has 2 aliphatic rings. The van der Waals surface area contributed by atoms with Crippen LogP contribution in [0.2, 0.25) is 0 Å². The van der Waals surface area contributed by atoms with Crippen LogP contribution >= 0.6 is 0 Å². The molecule has 0 unspecified atom stereocenters. The van der Waals surface area contributed by atoms with Crippen LogP contribution in [0.1, 0.15) is 109 Å². The van der Waals surface area contributed by atoms with Crippen LogP contribution in [0.4, 0.5) is 0 Å². The lowest BCUT2D eigenvalue weighted by Crippen LogP contribution is -2.17. The summed E-state index contributed by atoms with van der Waals surface area (Å²) in [6.07, 6.45) is 24.1. The molecule has 1 aromatic rings. The average Bonchev–Trinajstić information content (AvgIpc) is 2.83. The van der Waals surface area contributed by atoms with Crippen molar-refractivity contribution < 1.29 is 4.74 Å². The zero-order valence-electron chi connectivity index (χ0n) is 20.8. The van der Waals surface area contributed by atoms with E-state index in [2.05, 4.69) is 50.0 Å². The van der Waals surface area contributed by atoms with E-state index in [1.54, 1.807) is 0 Å². The fourth-order valence-electron chi connectivity index (χ4n) is 5.64. The van der Waals surface area contributed by atoms with E-state index in [1.807, 2.05) is 12.1 Å². The summed E-state index contributed by atoms with van der Waals surface area (Å²) in [5.74, 6) is 11.2. The van der Waals surface area contributed by atoms with Gasteiger partial charge >= 0.3 is 0 Å². The third-order valence-corrected chi connectivity index (χ3v) is 7.83. The molecule has 2 fully saturated rings. The minimum atomic E-state index is 0.736. The molecule has 0 amide bonds. The summed E-state index contributed by atoms with van der Waals surface area (Å²) in [7, 11) is 0. The molecule has 2 saturated carbocycles. The van der Waals surface area contributed by atoms with E-state index in [-0.39, 0.29) is 0 Å². The Bertz CT molecular complexity index is 703. The van der Waals surface area contributed by atoms with Gasteiger partial charge in [-0.15, -0.1) is 0 Å². The Balaban J connectivity index is 1.30. The molecule has 1 nitrogen and oxygen atoms in total. The molecular weight excluding hydrogens is 388 g/mol. The molecule has 176 valence electrons. The van der Waals surface area contributed by atoms with E-state index in [1.165, 1.54) is 77.0 Å². The minimum Gasteiger partial charge on any atom is -0.494 e. The fourth-order valence-corrected chi connectivity index (χ4v) is 5.64. The molecule has 0 aromatic heterocycles. The highest BCUT2D eigenvalue weighted by Gasteiger charge is 2.23. The minimum absolute atomic E-state index is 0.736. The maximum atomic E-state index is 5.72. The molecule has 0 saturated heterocycles. The van der Waals surface area contributed by atoms with Crippen LogP contribution in [-0.2, 0) is 0 Å². The maximum absolute atomic E-state index is 5.72. The second kappa shape index (κ2) is 14.5. The average molecular weight is 435 g/mol. The molecule has 1 heteroatoms. The van der Waals surface area contributed by atoms with Gasteiger partial charge in [0.2, 0.25) is 0 Å². The number of hydrogen-bond acceptors (Lipinski definition) is 1. The van der Waals surface area contributed by atoms with Gasteiger partial charge in [-0.3, -0.25) is 0 Å². The third kappa shape index (κ3) is 9.05. The SMILES string of the molecule is CCCCOc1ccc(C#CC=CC2CCC(CCC3CCC(CCC)CC3)CC2)cc1. The van der Waals surface area contributed by atoms with Gasteiger partial charge in [-0.1, -0.05) is 89.6 Å². The van der Waals surface area contributed by atoms with E-state index in [0.717, 1.165) is 54.4 Å². The summed E-state index contributed by atoms with van der Waals surface area (Å²) in [5.41, 5.74) is 1.06. The lowest BCUT2D eigenvalue weighted by Gasteiger charge is -2.31. The van der Waals surface area contributed by atoms with Crippen molar-refractivity contribution in [2.45, 2.75) is 104 Å². The van der Waals surface area contributed by atoms with E-state index < -0.39 is 0 Å². The topological polar surface area (TPSA) is 9.23 Å². The lowest BCUT2D eigenvalue weighted by atomic mass is 9.75. The molecule has 0 spiro atoms. The molecule has 3 rings (SSSR count). The number of hydrogen-bond donors (Lipinski definition) is 0. The normalized spacial score (nSPS) is 25.9. The Morgan fingerprint density at radius 2 is 1.38 bits per heavy atom. The van der Waals surface area contributed by atoms with Crippen LogP contribution in [0.3, 0.4) is 0 Å². The Hall–Kier alpha value is -1.68. The highest BCUT2D eigenvalue weighted by Crippen LogP contribution is 2.37. The zero-order valence-corrected chi connectivity index (χ0v) is 20.8. The van der Waals surface area contributed by atoms with Crippen molar-refractivity contribution in [2.75, 3.05) is 6.61 Å². The van der Waals surface area contributed by atoms with Crippen molar-refractivity contribution in [3.8, 4) is 17.6 Å². The fraction of sp³-hybridized carbons (Fsp3) is 0.677. The quantitative estimate of drug-likeness (QED) is 0.264. The zero-order chi connectivity index (χ0) is 22.4. The van der Waals surface area contributed by atoms with Crippen molar-refractivity contribution in [3.63, 3.8) is 0 Å². The van der Waals surface area contributed by atoms with Gasteiger partial charge in [0.15, 0.2) is 0 Å². The van der Waals surface area contributed by atoms with Crippen molar-refractivity contribution in [1.82, 2.24) is 0 Å². The Labute approximate surface area is 198 Å². The predicted molar refractivity (Wildman–Crippen MR) is 138 cm³/mol. The van der Waals surface area contributed by atoms with Gasteiger partial charge in [0.1, 0.15) is 5.75 Å². The predicted octanol–water partition coefficient (Wildman–Crippen LogP) is 8.97. The first-order valence-corrected chi connectivity index (χ1v) is 13.7. The summed E-state index contributed by atoms with van der Waals surface area (Å²) in [6.45, 7) is 5.32. The van der Waals surface area contributed by atoms with Crippen LogP contribution in [0.25, 0.3) is 0 Å². The first-order chi connectivity index (χ1) is 15.8. The maximum Gasteiger partial charge on any atom is 0.119 e. The summed E-state index contributed by atoms with van der Waals surface area (Å²) in [4.78, 5) is 0. The molecule has 0 heterocycles. The summed E-state index contributed by atoms with van der Waals surface area (Å²) >= 11 is 0. The monoisotopic (exact) mass is 434 g/mol. The third-order valence-electron chi connectivity index (χ3n) is 7.83. The van der Waals surface area contributed by atoms with Crippen molar-refractivity contribution in [2.24, 2.45) is 23.7 Å². The molecule has 32 heavy (non-hydrogen) atoms. The van der Waals surface area contributed by atoms with Gasteiger partial charge < -0.3 is 4.74 Å². The van der Waals surface area contributed by atoms with Crippen molar-refractivity contribution >= 4 is 0 Å². The second-order valence-corrected chi connectivity index (χ2v) is 10.4. The van der Waals surface area contributed by atoms with Crippen LogP contribution in [0, 0.1) is 35.5 Å². The van der Waals surface area contributed by atoms with Crippen LogP contribution < -0.4 is 4.74 Å². The number of allylic oxidation sites excluding steroid dienone is 2. The molecule has 0 aliphatic heterocycles. The molecule has 0 atom stereocenters.